The lowest BCUT2D eigenvalue weighted by Crippen LogP contribution is -2.29. The number of hydrogen-bond donors (Lipinski definition) is 1. The highest BCUT2D eigenvalue weighted by molar-refractivity contribution is 7.92. The number of carbonyl (C=O) groups excluding carboxylic acids is 1. The van der Waals surface area contributed by atoms with Crippen molar-refractivity contribution in [3.63, 3.8) is 0 Å². The minimum Gasteiger partial charge on any atom is -0.495 e. The van der Waals surface area contributed by atoms with Crippen LogP contribution in [0, 0.1) is 6.92 Å². The van der Waals surface area contributed by atoms with Crippen molar-refractivity contribution in [1.29, 1.82) is 0 Å². The zero-order chi connectivity index (χ0) is 24.1. The van der Waals surface area contributed by atoms with Gasteiger partial charge in [0, 0.05) is 15.3 Å². The Morgan fingerprint density at radius 1 is 1.00 bits per heavy atom. The van der Waals surface area contributed by atoms with Gasteiger partial charge in [0.1, 0.15) is 11.5 Å². The van der Waals surface area contributed by atoms with E-state index in [-0.39, 0.29) is 10.8 Å². The number of ether oxygens (including phenoxy) is 1. The molecule has 2 heterocycles. The molecule has 0 aliphatic carbocycles. The van der Waals surface area contributed by atoms with E-state index in [4.69, 9.17) is 9.15 Å². The summed E-state index contributed by atoms with van der Waals surface area (Å²) < 4.78 is 38.9. The molecule has 0 bridgehead atoms. The van der Waals surface area contributed by atoms with E-state index >= 15 is 0 Å². The summed E-state index contributed by atoms with van der Waals surface area (Å²) in [5, 5.41) is 0. The summed E-state index contributed by atoms with van der Waals surface area (Å²) in [5.74, 6) is 0.862. The molecule has 0 spiro atoms. The van der Waals surface area contributed by atoms with Crippen LogP contribution in [0.1, 0.15) is 25.9 Å². The number of thiophene rings is 1. The number of carbonyl (C=O) groups is 1. The van der Waals surface area contributed by atoms with Crippen molar-refractivity contribution in [2.24, 2.45) is 0 Å². The molecule has 0 fully saturated rings. The normalized spacial score (nSPS) is 11.2. The first-order valence-corrected chi connectivity index (χ1v) is 12.8. The number of benzene rings is 2. The van der Waals surface area contributed by atoms with Crippen LogP contribution in [0.5, 0.6) is 5.75 Å². The van der Waals surface area contributed by atoms with Gasteiger partial charge >= 0.3 is 0 Å². The van der Waals surface area contributed by atoms with E-state index in [9.17, 15) is 13.2 Å². The third-order valence-electron chi connectivity index (χ3n) is 5.12. The highest BCUT2D eigenvalue weighted by Crippen LogP contribution is 2.26. The van der Waals surface area contributed by atoms with Crippen LogP contribution >= 0.6 is 11.3 Å². The number of nitrogens with zero attached hydrogens (tertiary/aromatic N) is 1. The SMILES string of the molecule is COc1ccccc1NS(=O)(=O)c1ccc(C(=O)N(Cc2ccco2)Cc2ccc(C)s2)cc1. The Kier molecular flexibility index (Phi) is 7.04. The second-order valence-corrected chi connectivity index (χ2v) is 10.6. The molecule has 4 aromatic rings. The molecule has 176 valence electrons. The smallest absolute Gasteiger partial charge is 0.262 e. The lowest BCUT2D eigenvalue weighted by atomic mass is 10.2. The van der Waals surface area contributed by atoms with E-state index in [1.807, 2.05) is 25.1 Å². The largest absolute Gasteiger partial charge is 0.495 e. The molecule has 0 atom stereocenters. The molecule has 0 aliphatic heterocycles. The van der Waals surface area contributed by atoms with Gasteiger partial charge in [-0.3, -0.25) is 9.52 Å². The molecular weight excluding hydrogens is 472 g/mol. The highest BCUT2D eigenvalue weighted by Gasteiger charge is 2.21. The molecule has 0 aliphatic rings. The second-order valence-electron chi connectivity index (χ2n) is 7.58. The van der Waals surface area contributed by atoms with E-state index in [0.717, 1.165) is 9.75 Å². The maximum atomic E-state index is 13.3. The van der Waals surface area contributed by atoms with E-state index in [2.05, 4.69) is 4.72 Å². The van der Waals surface area contributed by atoms with Crippen molar-refractivity contribution in [2.75, 3.05) is 11.8 Å². The monoisotopic (exact) mass is 496 g/mol. The summed E-state index contributed by atoms with van der Waals surface area (Å²) in [7, 11) is -2.39. The number of methoxy groups -OCH3 is 1. The first-order chi connectivity index (χ1) is 16.4. The number of rotatable bonds is 9. The number of nitrogens with one attached hydrogen (secondary N) is 1. The highest BCUT2D eigenvalue weighted by atomic mass is 32.2. The summed E-state index contributed by atoms with van der Waals surface area (Å²) in [5.41, 5.74) is 0.720. The maximum absolute atomic E-state index is 13.3. The molecule has 9 heteroatoms. The number of hydrogen-bond acceptors (Lipinski definition) is 6. The van der Waals surface area contributed by atoms with Crippen molar-refractivity contribution < 1.29 is 22.4 Å². The minimum absolute atomic E-state index is 0.0430. The Morgan fingerprint density at radius 3 is 2.41 bits per heavy atom. The van der Waals surface area contributed by atoms with Crippen LogP contribution < -0.4 is 9.46 Å². The van der Waals surface area contributed by atoms with E-state index < -0.39 is 10.0 Å². The van der Waals surface area contributed by atoms with Crippen LogP contribution in [-0.2, 0) is 23.1 Å². The summed E-state index contributed by atoms with van der Waals surface area (Å²) in [6, 6.07) is 20.3. The van der Waals surface area contributed by atoms with Gasteiger partial charge in [0.25, 0.3) is 15.9 Å². The first kappa shape index (κ1) is 23.6. The molecule has 7 nitrogen and oxygen atoms in total. The lowest BCUT2D eigenvalue weighted by Gasteiger charge is -2.21. The van der Waals surface area contributed by atoms with Gasteiger partial charge in [0.2, 0.25) is 0 Å². The van der Waals surface area contributed by atoms with Crippen molar-refractivity contribution in [3.8, 4) is 5.75 Å². The lowest BCUT2D eigenvalue weighted by molar-refractivity contribution is 0.0719. The summed E-state index contributed by atoms with van der Waals surface area (Å²) in [6.45, 7) is 2.75. The van der Waals surface area contributed by atoms with Crippen LogP contribution in [0.15, 0.2) is 88.4 Å². The van der Waals surface area contributed by atoms with Gasteiger partial charge in [0.05, 0.1) is 37.0 Å². The van der Waals surface area contributed by atoms with Crippen LogP contribution in [0.4, 0.5) is 5.69 Å². The third kappa shape index (κ3) is 5.49. The topological polar surface area (TPSA) is 88.8 Å². The van der Waals surface area contributed by atoms with Crippen LogP contribution in [0.2, 0.25) is 0 Å². The Balaban J connectivity index is 1.55. The predicted molar refractivity (Wildman–Crippen MR) is 132 cm³/mol. The molecular formula is C25H24N2O5S2. The third-order valence-corrected chi connectivity index (χ3v) is 7.49. The number of aryl methyl sites for hydroxylation is 1. The Bertz CT molecular complexity index is 1360. The van der Waals surface area contributed by atoms with Gasteiger partial charge in [-0.25, -0.2) is 8.42 Å². The fourth-order valence-corrected chi connectivity index (χ4v) is 5.42. The predicted octanol–water partition coefficient (Wildman–Crippen LogP) is 5.30. The summed E-state index contributed by atoms with van der Waals surface area (Å²) >= 11 is 1.63. The van der Waals surface area contributed by atoms with Gasteiger partial charge in [0.15, 0.2) is 0 Å². The molecule has 0 saturated heterocycles. The van der Waals surface area contributed by atoms with Crippen LogP contribution in [0.25, 0.3) is 0 Å². The fraction of sp³-hybridized carbons (Fsp3) is 0.160. The van der Waals surface area contributed by atoms with E-state index in [0.29, 0.717) is 35.9 Å². The second kappa shape index (κ2) is 10.1. The quantitative estimate of drug-likeness (QED) is 0.340. The minimum atomic E-state index is -3.86. The fourth-order valence-electron chi connectivity index (χ4n) is 3.44. The average molecular weight is 497 g/mol. The van der Waals surface area contributed by atoms with E-state index in [1.165, 1.54) is 31.4 Å². The molecule has 0 unspecified atom stereocenters. The zero-order valence-electron chi connectivity index (χ0n) is 18.7. The summed E-state index contributed by atoms with van der Waals surface area (Å²) in [4.78, 5) is 17.3. The molecule has 34 heavy (non-hydrogen) atoms. The molecule has 0 saturated carbocycles. The van der Waals surface area contributed by atoms with Crippen molar-refractivity contribution in [2.45, 2.75) is 24.9 Å². The van der Waals surface area contributed by atoms with Crippen LogP contribution in [0.3, 0.4) is 0 Å². The van der Waals surface area contributed by atoms with Crippen molar-refractivity contribution in [3.05, 3.63) is 100 Å². The standard InChI is InChI=1S/C25H24N2O5S2/c1-18-9-12-21(33-18)17-27(16-20-6-5-15-32-20)25(28)19-10-13-22(14-11-19)34(29,30)26-23-7-3-4-8-24(23)31-2/h3-15,26H,16-17H2,1-2H3. The maximum Gasteiger partial charge on any atom is 0.262 e. The molecule has 2 aromatic heterocycles. The average Bonchev–Trinajstić information content (AvgIpc) is 3.50. The van der Waals surface area contributed by atoms with E-state index in [1.54, 1.807) is 52.8 Å². The van der Waals surface area contributed by atoms with Gasteiger partial charge in [-0.15, -0.1) is 11.3 Å². The number of anilines is 1. The number of para-hydroxylation sites is 2. The summed E-state index contributed by atoms with van der Waals surface area (Å²) in [6.07, 6.45) is 1.57. The number of sulfonamides is 1. The first-order valence-electron chi connectivity index (χ1n) is 10.5. The molecule has 1 amide bonds. The van der Waals surface area contributed by atoms with Crippen molar-refractivity contribution >= 4 is 33.0 Å². The molecule has 1 N–H and O–H groups in total. The molecule has 2 aromatic carbocycles. The Hall–Kier alpha value is -3.56. The van der Waals surface area contributed by atoms with Crippen molar-refractivity contribution in [1.82, 2.24) is 4.90 Å². The van der Waals surface area contributed by atoms with Gasteiger partial charge in [-0.2, -0.15) is 0 Å². The van der Waals surface area contributed by atoms with Crippen LogP contribution in [-0.4, -0.2) is 26.3 Å². The Morgan fingerprint density at radius 2 is 1.76 bits per heavy atom. The molecule has 0 radical (unpaired) electrons. The van der Waals surface area contributed by atoms with Gasteiger partial charge < -0.3 is 14.1 Å². The number of amides is 1. The van der Waals surface area contributed by atoms with Gasteiger partial charge in [-0.05, 0) is 67.6 Å². The zero-order valence-corrected chi connectivity index (χ0v) is 20.4. The Labute approximate surface area is 202 Å². The molecule has 4 rings (SSSR count). The van der Waals surface area contributed by atoms with Gasteiger partial charge in [-0.1, -0.05) is 12.1 Å². The number of furan rings is 1.